The standard InChI is InChI=1S/C23H22FN2O3.CH4O.K/c1-2-29-15-21-12-18(16-7-9-19(24)10-8-16)11-20(26-21)13-25-23(28)22-6-4-3-5-17(22)14-27;1-2;/h3-12H,2,13-15H2,1H3,(H,25,28);2H,1H3;/q-1;;+1. The van der Waals surface area contributed by atoms with Crippen LogP contribution in [0.15, 0.2) is 60.7 Å². The van der Waals surface area contributed by atoms with Crippen LogP contribution in [0, 0.1) is 5.82 Å². The first-order valence-electron chi connectivity index (χ1n) is 9.83. The molecule has 0 bridgehead atoms. The van der Waals surface area contributed by atoms with Gasteiger partial charge in [0.1, 0.15) is 5.82 Å². The van der Waals surface area contributed by atoms with Crippen molar-refractivity contribution in [1.82, 2.24) is 10.3 Å². The monoisotopic (exact) mass is 464 g/mol. The number of carbonyl (C=O) groups is 1. The molecule has 2 N–H and O–H groups in total. The number of carbonyl (C=O) groups excluding carboxylic acids is 1. The van der Waals surface area contributed by atoms with Gasteiger partial charge in [0.2, 0.25) is 0 Å². The van der Waals surface area contributed by atoms with Gasteiger partial charge in [-0.05, 0) is 48.4 Å². The number of ether oxygens (including phenoxy) is 1. The molecule has 0 atom stereocenters. The number of aliphatic hydroxyl groups is 1. The molecule has 0 aliphatic heterocycles. The van der Waals surface area contributed by atoms with Crippen LogP contribution in [0.4, 0.5) is 4.39 Å². The molecule has 1 heterocycles. The number of rotatable bonds is 8. The number of amides is 1. The molecule has 3 rings (SSSR count). The number of halogens is 1. The molecule has 1 amide bonds. The van der Waals surface area contributed by atoms with E-state index >= 15 is 0 Å². The third-order valence-electron chi connectivity index (χ3n) is 4.41. The summed E-state index contributed by atoms with van der Waals surface area (Å²) in [5, 5.41) is 21.1. The van der Waals surface area contributed by atoms with E-state index in [1.807, 2.05) is 19.1 Å². The van der Waals surface area contributed by atoms with Crippen molar-refractivity contribution in [1.29, 1.82) is 0 Å². The van der Waals surface area contributed by atoms with Gasteiger partial charge >= 0.3 is 51.4 Å². The van der Waals surface area contributed by atoms with Crippen LogP contribution in [0.1, 0.15) is 34.2 Å². The van der Waals surface area contributed by atoms with Gasteiger partial charge in [0.25, 0.3) is 5.91 Å². The zero-order valence-electron chi connectivity index (χ0n) is 18.6. The first kappa shape index (κ1) is 28.5. The van der Waals surface area contributed by atoms with Crippen LogP contribution in [0.25, 0.3) is 11.1 Å². The summed E-state index contributed by atoms with van der Waals surface area (Å²) in [6.45, 7) is 2.53. The Morgan fingerprint density at radius 3 is 2.38 bits per heavy atom. The van der Waals surface area contributed by atoms with Crippen LogP contribution >= 0.6 is 0 Å². The largest absolute Gasteiger partial charge is 1.00 e. The fraction of sp³-hybridized carbons (Fsp3) is 0.250. The second kappa shape index (κ2) is 15.4. The van der Waals surface area contributed by atoms with Crippen LogP contribution in [0.5, 0.6) is 0 Å². The van der Waals surface area contributed by atoms with Crippen LogP contribution < -0.4 is 61.8 Å². The van der Waals surface area contributed by atoms with Gasteiger partial charge in [-0.15, -0.1) is 6.61 Å². The summed E-state index contributed by atoms with van der Waals surface area (Å²) in [4.78, 5) is 17.0. The van der Waals surface area contributed by atoms with Crippen molar-refractivity contribution in [2.75, 3.05) is 13.7 Å². The van der Waals surface area contributed by atoms with Crippen molar-refractivity contribution in [3.05, 3.63) is 89.0 Å². The Balaban J connectivity index is 0.00000166. The Hall–Kier alpha value is -1.49. The predicted octanol–water partition coefficient (Wildman–Crippen LogP) is -0.173. The van der Waals surface area contributed by atoms with Crippen molar-refractivity contribution < 1.29 is 75.5 Å². The maximum absolute atomic E-state index is 13.3. The Morgan fingerprint density at radius 1 is 1.06 bits per heavy atom. The normalized spacial score (nSPS) is 9.91. The molecular weight excluding hydrogens is 438 g/mol. The summed E-state index contributed by atoms with van der Waals surface area (Å²) in [5.41, 5.74) is 3.89. The first-order valence-corrected chi connectivity index (χ1v) is 9.83. The molecule has 0 aliphatic rings. The van der Waals surface area contributed by atoms with Crippen LogP contribution in [0.3, 0.4) is 0 Å². The summed E-state index contributed by atoms with van der Waals surface area (Å²) < 4.78 is 18.7. The number of nitrogens with zero attached hydrogens (tertiary/aromatic N) is 1. The predicted molar refractivity (Wildman–Crippen MR) is 114 cm³/mol. The molecule has 0 saturated carbocycles. The van der Waals surface area contributed by atoms with E-state index in [0.717, 1.165) is 23.9 Å². The SMILES string of the molecule is CCOCc1cc(-c2ccc(F)cc2)cc(CNC(=O)c2ccccc2C[O-])n1.CO.[K+]. The van der Waals surface area contributed by atoms with E-state index in [4.69, 9.17) is 9.84 Å². The van der Waals surface area contributed by atoms with E-state index in [-0.39, 0.29) is 69.7 Å². The van der Waals surface area contributed by atoms with Gasteiger partial charge in [-0.2, -0.15) is 0 Å². The van der Waals surface area contributed by atoms with E-state index in [1.165, 1.54) is 12.1 Å². The smallest absolute Gasteiger partial charge is 0.851 e. The van der Waals surface area contributed by atoms with Gasteiger partial charge in [-0.25, -0.2) is 4.39 Å². The Bertz CT molecular complexity index is 984. The fourth-order valence-corrected chi connectivity index (χ4v) is 2.96. The second-order valence-electron chi connectivity index (χ2n) is 6.47. The molecule has 0 fully saturated rings. The van der Waals surface area contributed by atoms with Gasteiger partial charge < -0.3 is 20.3 Å². The molecule has 0 unspecified atom stereocenters. The van der Waals surface area contributed by atoms with Gasteiger partial charge in [0, 0.05) is 19.3 Å². The molecule has 2 aromatic carbocycles. The first-order chi connectivity index (χ1) is 15.1. The number of pyridine rings is 1. The number of aliphatic hydroxyl groups excluding tert-OH is 1. The molecule has 3 aromatic rings. The van der Waals surface area contributed by atoms with Crippen LogP contribution in [0.2, 0.25) is 0 Å². The number of hydrogen-bond donors (Lipinski definition) is 2. The summed E-state index contributed by atoms with van der Waals surface area (Å²) in [6, 6.07) is 16.7. The maximum Gasteiger partial charge on any atom is 1.00 e. The third kappa shape index (κ3) is 8.46. The van der Waals surface area contributed by atoms with Crippen molar-refractivity contribution >= 4 is 5.91 Å². The molecule has 0 radical (unpaired) electrons. The summed E-state index contributed by atoms with van der Waals surface area (Å²) >= 11 is 0. The molecular formula is C24H26FKN2O4. The number of benzene rings is 2. The quantitative estimate of drug-likeness (QED) is 0.452. The van der Waals surface area contributed by atoms with Crippen molar-refractivity contribution in [2.45, 2.75) is 26.7 Å². The van der Waals surface area contributed by atoms with E-state index in [2.05, 4.69) is 10.3 Å². The van der Waals surface area contributed by atoms with Crippen LogP contribution in [-0.4, -0.2) is 29.7 Å². The summed E-state index contributed by atoms with van der Waals surface area (Å²) in [5.74, 6) is -0.626. The second-order valence-corrected chi connectivity index (χ2v) is 6.47. The average molecular weight is 465 g/mol. The van der Waals surface area contributed by atoms with E-state index in [0.29, 0.717) is 30.0 Å². The molecule has 0 aliphatic carbocycles. The summed E-state index contributed by atoms with van der Waals surface area (Å²) in [7, 11) is 1.00. The molecule has 0 spiro atoms. The van der Waals surface area contributed by atoms with Gasteiger partial charge in [-0.3, -0.25) is 9.78 Å². The fourth-order valence-electron chi connectivity index (χ4n) is 2.96. The molecule has 1 aromatic heterocycles. The molecule has 164 valence electrons. The van der Waals surface area contributed by atoms with Gasteiger partial charge in [0.15, 0.2) is 0 Å². The number of hydrogen-bond acceptors (Lipinski definition) is 5. The van der Waals surface area contributed by atoms with Crippen molar-refractivity contribution in [3.8, 4) is 11.1 Å². The minimum Gasteiger partial charge on any atom is -0.851 e. The maximum atomic E-state index is 13.3. The van der Waals surface area contributed by atoms with Gasteiger partial charge in [0.05, 0.1) is 24.5 Å². The summed E-state index contributed by atoms with van der Waals surface area (Å²) in [6.07, 6.45) is 0. The van der Waals surface area contributed by atoms with Gasteiger partial charge in [-0.1, -0.05) is 35.9 Å². The Kier molecular flexibility index (Phi) is 13.7. The van der Waals surface area contributed by atoms with E-state index < -0.39 is 6.61 Å². The average Bonchev–Trinajstić information content (AvgIpc) is 2.82. The molecule has 0 saturated heterocycles. The van der Waals surface area contributed by atoms with Crippen molar-refractivity contribution in [2.24, 2.45) is 0 Å². The van der Waals surface area contributed by atoms with Crippen LogP contribution in [-0.2, 0) is 24.5 Å². The Labute approximate surface area is 230 Å². The zero-order valence-corrected chi connectivity index (χ0v) is 21.7. The zero-order chi connectivity index (χ0) is 22.6. The minimum absolute atomic E-state index is 0. The number of nitrogens with one attached hydrogen (secondary N) is 1. The van der Waals surface area contributed by atoms with E-state index in [1.54, 1.807) is 36.4 Å². The Morgan fingerprint density at radius 2 is 1.72 bits per heavy atom. The van der Waals surface area contributed by atoms with E-state index in [9.17, 15) is 14.3 Å². The molecule has 6 nitrogen and oxygen atoms in total. The number of aromatic nitrogens is 1. The molecule has 8 heteroatoms. The minimum atomic E-state index is -0.458. The molecule has 32 heavy (non-hydrogen) atoms. The third-order valence-corrected chi connectivity index (χ3v) is 4.41. The topological polar surface area (TPSA) is 94.5 Å². The van der Waals surface area contributed by atoms with Crippen molar-refractivity contribution in [3.63, 3.8) is 0 Å².